The lowest BCUT2D eigenvalue weighted by Crippen LogP contribution is -2.44. The van der Waals surface area contributed by atoms with Crippen molar-refractivity contribution in [2.75, 3.05) is 4.90 Å². The van der Waals surface area contributed by atoms with Crippen LogP contribution in [0.1, 0.15) is 110 Å². The number of amides is 2. The van der Waals surface area contributed by atoms with Crippen LogP contribution in [0.2, 0.25) is 0 Å². The number of anilines is 1. The van der Waals surface area contributed by atoms with Gasteiger partial charge in [0.1, 0.15) is 18.0 Å². The molecule has 9 heteroatoms. The Labute approximate surface area is 243 Å². The summed E-state index contributed by atoms with van der Waals surface area (Å²) in [5.41, 5.74) is 5.45. The maximum atomic E-state index is 13.5. The van der Waals surface area contributed by atoms with Crippen LogP contribution in [0.5, 0.6) is 0 Å². The van der Waals surface area contributed by atoms with E-state index >= 15 is 0 Å². The van der Waals surface area contributed by atoms with E-state index in [1.165, 1.54) is 49.8 Å². The lowest BCUT2D eigenvalue weighted by Gasteiger charge is -2.28. The number of carbonyl (C=O) groups is 4. The third-order valence-corrected chi connectivity index (χ3v) is 7.33. The molecule has 0 unspecified atom stereocenters. The first-order chi connectivity index (χ1) is 19.9. The molecule has 0 bridgehead atoms. The van der Waals surface area contributed by atoms with E-state index in [0.717, 1.165) is 31.1 Å². The van der Waals surface area contributed by atoms with Crippen LogP contribution in [-0.2, 0) is 23.9 Å². The third kappa shape index (κ3) is 12.7. The van der Waals surface area contributed by atoms with Gasteiger partial charge in [-0.15, -0.1) is 0 Å². The minimum Gasteiger partial charge on any atom is -0.481 e. The van der Waals surface area contributed by atoms with Gasteiger partial charge < -0.3 is 15.6 Å². The van der Waals surface area contributed by atoms with E-state index in [2.05, 4.69) is 11.9 Å². The van der Waals surface area contributed by atoms with E-state index in [4.69, 9.17) is 15.6 Å². The van der Waals surface area contributed by atoms with Crippen LogP contribution in [0.25, 0.3) is 10.8 Å². The molecule has 0 saturated carbocycles. The number of aromatic nitrogens is 1. The number of carbonyl (C=O) groups excluding carboxylic acids is 3. The van der Waals surface area contributed by atoms with Crippen LogP contribution in [0.3, 0.4) is 0 Å². The minimum atomic E-state index is -1.10. The van der Waals surface area contributed by atoms with E-state index in [1.807, 2.05) is 18.2 Å². The standard InChI is InChI=1S/C32H47N3O6/c1-2-3-4-5-6-7-8-9-10-11-12-17-26(23-29(33)37)41-32(40)28(19-15-20-30(38)39)35(24-36)31-27-18-14-13-16-25(27)21-22-34-31/h13-14,16,18,21-22,24,26,28H,2-12,15,17,19-20,23H2,1H3,(H2,33,37)(H,38,39)/t26-,28-/m0/s1. The summed E-state index contributed by atoms with van der Waals surface area (Å²) in [4.78, 5) is 54.3. The van der Waals surface area contributed by atoms with Crippen molar-refractivity contribution in [2.24, 2.45) is 5.73 Å². The molecule has 0 aliphatic carbocycles. The van der Waals surface area contributed by atoms with Crippen LogP contribution >= 0.6 is 0 Å². The van der Waals surface area contributed by atoms with Gasteiger partial charge in [0.2, 0.25) is 12.3 Å². The van der Waals surface area contributed by atoms with Crippen LogP contribution in [-0.4, -0.2) is 46.5 Å². The fraction of sp³-hybridized carbons (Fsp3) is 0.594. The van der Waals surface area contributed by atoms with Gasteiger partial charge in [0, 0.05) is 18.0 Å². The molecule has 3 N–H and O–H groups in total. The number of hydrogen-bond donors (Lipinski definition) is 2. The Balaban J connectivity index is 2.02. The Bertz CT molecular complexity index is 1090. The van der Waals surface area contributed by atoms with Crippen molar-refractivity contribution < 1.29 is 29.0 Å². The maximum absolute atomic E-state index is 13.5. The topological polar surface area (TPSA) is 140 Å². The molecule has 226 valence electrons. The second-order valence-corrected chi connectivity index (χ2v) is 10.7. The van der Waals surface area contributed by atoms with Gasteiger partial charge in [-0.1, -0.05) is 95.4 Å². The molecule has 2 aromatic rings. The Morgan fingerprint density at radius 3 is 2.17 bits per heavy atom. The largest absolute Gasteiger partial charge is 0.481 e. The van der Waals surface area contributed by atoms with Crippen LogP contribution in [0, 0.1) is 0 Å². The fourth-order valence-electron chi connectivity index (χ4n) is 5.10. The molecule has 1 aromatic carbocycles. The smallest absolute Gasteiger partial charge is 0.329 e. The highest BCUT2D eigenvalue weighted by molar-refractivity contribution is 5.99. The van der Waals surface area contributed by atoms with Gasteiger partial charge in [0.15, 0.2) is 0 Å². The highest BCUT2D eigenvalue weighted by Gasteiger charge is 2.31. The molecule has 0 fully saturated rings. The SMILES string of the molecule is CCCCCCCCCCCCC[C@@H](CC(N)=O)OC(=O)[C@H](CCCC(=O)O)N(C=O)c1nccc2ccccc12. The number of unbranched alkanes of at least 4 members (excludes halogenated alkanes) is 10. The maximum Gasteiger partial charge on any atom is 0.329 e. The number of nitrogens with zero attached hydrogens (tertiary/aromatic N) is 2. The summed E-state index contributed by atoms with van der Waals surface area (Å²) in [5.74, 6) is -1.99. The number of aliphatic carboxylic acids is 1. The Morgan fingerprint density at radius 1 is 0.927 bits per heavy atom. The van der Waals surface area contributed by atoms with E-state index in [-0.39, 0.29) is 31.5 Å². The fourth-order valence-corrected chi connectivity index (χ4v) is 5.10. The summed E-state index contributed by atoms with van der Waals surface area (Å²) >= 11 is 0. The average Bonchev–Trinajstić information content (AvgIpc) is 2.95. The first-order valence-corrected chi connectivity index (χ1v) is 15.1. The molecular formula is C32H47N3O6. The number of nitrogens with two attached hydrogens (primary N) is 1. The number of primary amides is 1. The third-order valence-electron chi connectivity index (χ3n) is 7.33. The molecule has 1 aromatic heterocycles. The highest BCUT2D eigenvalue weighted by Crippen LogP contribution is 2.27. The Kier molecular flexibility index (Phi) is 16.1. The lowest BCUT2D eigenvalue weighted by atomic mass is 10.0. The van der Waals surface area contributed by atoms with E-state index in [1.54, 1.807) is 18.3 Å². The van der Waals surface area contributed by atoms with Gasteiger partial charge in [0.25, 0.3) is 0 Å². The number of hydrogen-bond acceptors (Lipinski definition) is 6. The number of benzene rings is 1. The summed E-state index contributed by atoms with van der Waals surface area (Å²) in [5, 5.41) is 10.6. The molecule has 0 radical (unpaired) electrons. The number of ether oxygens (including phenoxy) is 1. The molecule has 0 spiro atoms. The van der Waals surface area contributed by atoms with Gasteiger partial charge in [-0.25, -0.2) is 9.78 Å². The molecule has 2 rings (SSSR count). The molecule has 41 heavy (non-hydrogen) atoms. The summed E-state index contributed by atoms with van der Waals surface area (Å²) in [6.07, 6.45) is 14.7. The second-order valence-electron chi connectivity index (χ2n) is 10.7. The molecule has 2 atom stereocenters. The van der Waals surface area contributed by atoms with Crippen molar-refractivity contribution in [1.82, 2.24) is 4.98 Å². The Hall–Kier alpha value is -3.49. The van der Waals surface area contributed by atoms with Crippen molar-refractivity contribution >= 4 is 40.8 Å². The van der Waals surface area contributed by atoms with Gasteiger partial charge >= 0.3 is 11.9 Å². The summed E-state index contributed by atoms with van der Waals surface area (Å²) in [6.45, 7) is 2.22. The summed E-state index contributed by atoms with van der Waals surface area (Å²) in [7, 11) is 0. The van der Waals surface area contributed by atoms with Crippen molar-refractivity contribution in [3.63, 3.8) is 0 Å². The molecule has 0 aliphatic rings. The summed E-state index contributed by atoms with van der Waals surface area (Å²) < 4.78 is 5.77. The minimum absolute atomic E-state index is 0.0660. The zero-order valence-electron chi connectivity index (χ0n) is 24.5. The average molecular weight is 570 g/mol. The zero-order valence-corrected chi connectivity index (χ0v) is 24.5. The van der Waals surface area contributed by atoms with Gasteiger partial charge in [-0.3, -0.25) is 19.3 Å². The van der Waals surface area contributed by atoms with Gasteiger partial charge in [-0.2, -0.15) is 0 Å². The molecule has 0 aliphatic heterocycles. The van der Waals surface area contributed by atoms with Crippen molar-refractivity contribution in [2.45, 2.75) is 122 Å². The normalized spacial score (nSPS) is 12.5. The molecule has 2 amide bonds. The number of carboxylic acids is 1. The summed E-state index contributed by atoms with van der Waals surface area (Å²) in [6, 6.07) is 8.05. The number of fused-ring (bicyclic) bond motifs is 1. The Morgan fingerprint density at radius 2 is 1.56 bits per heavy atom. The molecule has 1 heterocycles. The van der Waals surface area contributed by atoms with Crippen molar-refractivity contribution in [3.8, 4) is 0 Å². The highest BCUT2D eigenvalue weighted by atomic mass is 16.5. The van der Waals surface area contributed by atoms with Gasteiger partial charge in [-0.05, 0) is 37.1 Å². The van der Waals surface area contributed by atoms with Gasteiger partial charge in [0.05, 0.1) is 6.42 Å². The zero-order chi connectivity index (χ0) is 29.9. The van der Waals surface area contributed by atoms with E-state index in [9.17, 15) is 19.2 Å². The lowest BCUT2D eigenvalue weighted by molar-refractivity contribution is -0.153. The second kappa shape index (κ2) is 19.6. The van der Waals surface area contributed by atoms with Crippen molar-refractivity contribution in [1.29, 1.82) is 0 Å². The first-order valence-electron chi connectivity index (χ1n) is 15.1. The number of rotatable bonds is 23. The number of carboxylic acid groups (broad SMARTS) is 1. The van der Waals surface area contributed by atoms with Crippen LogP contribution < -0.4 is 10.6 Å². The first kappa shape index (κ1) is 33.7. The van der Waals surface area contributed by atoms with Crippen LogP contribution in [0.15, 0.2) is 36.5 Å². The molecule has 9 nitrogen and oxygen atoms in total. The molecule has 0 saturated heterocycles. The van der Waals surface area contributed by atoms with Crippen molar-refractivity contribution in [3.05, 3.63) is 36.5 Å². The number of pyridine rings is 1. The van der Waals surface area contributed by atoms with E-state index < -0.39 is 30.0 Å². The molecular weight excluding hydrogens is 522 g/mol. The quantitative estimate of drug-likeness (QED) is 0.0908. The van der Waals surface area contributed by atoms with Crippen LogP contribution in [0.4, 0.5) is 5.82 Å². The van der Waals surface area contributed by atoms with E-state index in [0.29, 0.717) is 18.2 Å². The predicted molar refractivity (Wildman–Crippen MR) is 160 cm³/mol. The monoisotopic (exact) mass is 569 g/mol. The number of esters is 1. The predicted octanol–water partition coefficient (Wildman–Crippen LogP) is 6.31.